The zero-order chi connectivity index (χ0) is 9.68. The normalized spacial score (nSPS) is 11.4. The average Bonchev–Trinajstić information content (AvgIpc) is 2.18. The third kappa shape index (κ3) is 2.56. The highest BCUT2D eigenvalue weighted by molar-refractivity contribution is 5.93. The van der Waals surface area contributed by atoms with Crippen molar-refractivity contribution < 1.29 is 4.79 Å². The summed E-state index contributed by atoms with van der Waals surface area (Å²) in [6.07, 6.45) is 3.15. The van der Waals surface area contributed by atoms with Crippen molar-refractivity contribution in [3.8, 4) is 6.07 Å². The molecule has 1 rings (SSSR count). The van der Waals surface area contributed by atoms with Gasteiger partial charge in [-0.3, -0.25) is 9.78 Å². The van der Waals surface area contributed by atoms with E-state index in [1.807, 2.05) is 6.07 Å². The minimum Gasteiger partial charge on any atom is -0.325 e. The molecule has 1 unspecified atom stereocenters. The maximum Gasteiger partial charge on any atom is 0.241 e. The first-order chi connectivity index (χ1) is 6.24. The molecule has 0 bridgehead atoms. The van der Waals surface area contributed by atoms with Crippen molar-refractivity contribution in [1.82, 2.24) is 4.98 Å². The van der Waals surface area contributed by atoms with E-state index in [2.05, 4.69) is 10.3 Å². The Morgan fingerprint density at radius 2 is 2.23 bits per heavy atom. The summed E-state index contributed by atoms with van der Waals surface area (Å²) >= 11 is 0. The number of anilines is 1. The lowest BCUT2D eigenvalue weighted by atomic mass is 10.2. The quantitative estimate of drug-likeness (QED) is 0.733. The molecule has 0 fully saturated rings. The Hall–Kier alpha value is -1.89. The van der Waals surface area contributed by atoms with Gasteiger partial charge in [-0.25, -0.2) is 0 Å². The highest BCUT2D eigenvalue weighted by atomic mass is 16.1. The van der Waals surface area contributed by atoms with Gasteiger partial charge in [-0.1, -0.05) is 0 Å². The summed E-state index contributed by atoms with van der Waals surface area (Å²) in [7, 11) is 0. The van der Waals surface area contributed by atoms with Crippen molar-refractivity contribution in [3.05, 3.63) is 24.5 Å². The summed E-state index contributed by atoms with van der Waals surface area (Å²) in [5.74, 6) is -0.929. The van der Waals surface area contributed by atoms with Gasteiger partial charge in [0.1, 0.15) is 5.92 Å². The molecule has 4 heteroatoms. The zero-order valence-corrected chi connectivity index (χ0v) is 7.19. The number of nitrogens with one attached hydrogen (secondary N) is 1. The molecule has 66 valence electrons. The molecule has 0 aliphatic rings. The number of amides is 1. The summed E-state index contributed by atoms with van der Waals surface area (Å²) in [5, 5.41) is 11.1. The molecule has 0 aliphatic carbocycles. The Bertz CT molecular complexity index is 328. The second kappa shape index (κ2) is 4.21. The Morgan fingerprint density at radius 1 is 1.62 bits per heavy atom. The molecule has 0 spiro atoms. The summed E-state index contributed by atoms with van der Waals surface area (Å²) in [4.78, 5) is 15.0. The Labute approximate surface area is 76.2 Å². The molecule has 1 amide bonds. The molecule has 4 nitrogen and oxygen atoms in total. The maximum atomic E-state index is 11.2. The fourth-order valence-electron chi connectivity index (χ4n) is 0.744. The third-order valence-electron chi connectivity index (χ3n) is 1.53. The van der Waals surface area contributed by atoms with Crippen molar-refractivity contribution in [1.29, 1.82) is 5.26 Å². The Kier molecular flexibility index (Phi) is 2.98. The van der Waals surface area contributed by atoms with Crippen LogP contribution in [0.15, 0.2) is 24.5 Å². The smallest absolute Gasteiger partial charge is 0.241 e. The van der Waals surface area contributed by atoms with Crippen molar-refractivity contribution in [2.24, 2.45) is 5.92 Å². The second-order valence-corrected chi connectivity index (χ2v) is 2.58. The van der Waals surface area contributed by atoms with Gasteiger partial charge in [-0.15, -0.1) is 0 Å². The van der Waals surface area contributed by atoms with Crippen LogP contribution in [0.1, 0.15) is 6.92 Å². The number of nitriles is 1. The van der Waals surface area contributed by atoms with Crippen LogP contribution in [0.4, 0.5) is 5.69 Å². The third-order valence-corrected chi connectivity index (χ3v) is 1.53. The monoisotopic (exact) mass is 175 g/mol. The minimum atomic E-state index is -0.631. The van der Waals surface area contributed by atoms with Gasteiger partial charge in [0, 0.05) is 18.1 Å². The van der Waals surface area contributed by atoms with Crippen molar-refractivity contribution in [2.45, 2.75) is 6.92 Å². The molecule has 0 saturated heterocycles. The number of pyridine rings is 1. The summed E-state index contributed by atoms with van der Waals surface area (Å²) in [6.45, 7) is 1.55. The van der Waals surface area contributed by atoms with Crippen LogP contribution in [0.25, 0.3) is 0 Å². The van der Waals surface area contributed by atoms with Gasteiger partial charge in [-0.2, -0.15) is 5.26 Å². The van der Waals surface area contributed by atoms with Crippen LogP contribution >= 0.6 is 0 Å². The lowest BCUT2D eigenvalue weighted by Gasteiger charge is -2.04. The van der Waals surface area contributed by atoms with Crippen molar-refractivity contribution >= 4 is 11.6 Å². The maximum absolute atomic E-state index is 11.2. The van der Waals surface area contributed by atoms with Gasteiger partial charge in [0.25, 0.3) is 0 Å². The summed E-state index contributed by atoms with van der Waals surface area (Å²) in [5.41, 5.74) is 0.655. The van der Waals surface area contributed by atoms with Gasteiger partial charge < -0.3 is 5.32 Å². The van der Waals surface area contributed by atoms with Gasteiger partial charge in [0.2, 0.25) is 5.91 Å². The van der Waals surface area contributed by atoms with E-state index in [9.17, 15) is 4.79 Å². The zero-order valence-electron chi connectivity index (χ0n) is 7.19. The van der Waals surface area contributed by atoms with Crippen LogP contribution < -0.4 is 5.32 Å². The molecule has 1 heterocycles. The first-order valence-electron chi connectivity index (χ1n) is 3.84. The van der Waals surface area contributed by atoms with E-state index in [4.69, 9.17) is 5.26 Å². The lowest BCUT2D eigenvalue weighted by Crippen LogP contribution is -2.18. The van der Waals surface area contributed by atoms with Crippen LogP contribution in [0, 0.1) is 17.2 Å². The highest BCUT2D eigenvalue weighted by Gasteiger charge is 2.10. The molecule has 13 heavy (non-hydrogen) atoms. The van der Waals surface area contributed by atoms with Gasteiger partial charge in [-0.05, 0) is 19.1 Å². The van der Waals surface area contributed by atoms with Crippen LogP contribution in [0.3, 0.4) is 0 Å². The van der Waals surface area contributed by atoms with Crippen molar-refractivity contribution in [2.75, 3.05) is 5.32 Å². The first-order valence-corrected chi connectivity index (χ1v) is 3.84. The van der Waals surface area contributed by atoms with E-state index < -0.39 is 5.92 Å². The molecular weight excluding hydrogens is 166 g/mol. The molecular formula is C9H9N3O. The standard InChI is InChI=1S/C9H9N3O/c1-7(6-10)9(13)12-8-2-4-11-5-3-8/h2-5,7H,1H3,(H,11,12,13). The fraction of sp³-hybridized carbons (Fsp3) is 0.222. The van der Waals surface area contributed by atoms with Crippen LogP contribution in [0.2, 0.25) is 0 Å². The Balaban J connectivity index is 2.62. The lowest BCUT2D eigenvalue weighted by molar-refractivity contribution is -0.117. The van der Waals surface area contributed by atoms with Gasteiger partial charge in [0.05, 0.1) is 6.07 Å². The van der Waals surface area contributed by atoms with E-state index in [0.29, 0.717) is 5.69 Å². The summed E-state index contributed by atoms with van der Waals surface area (Å²) < 4.78 is 0. The number of carbonyl (C=O) groups excluding carboxylic acids is 1. The second-order valence-electron chi connectivity index (χ2n) is 2.58. The average molecular weight is 175 g/mol. The largest absolute Gasteiger partial charge is 0.325 e. The van der Waals surface area contributed by atoms with Crippen LogP contribution in [0.5, 0.6) is 0 Å². The first kappa shape index (κ1) is 9.20. The molecule has 1 atom stereocenters. The van der Waals surface area contributed by atoms with Crippen LogP contribution in [-0.2, 0) is 4.79 Å². The number of hydrogen-bond acceptors (Lipinski definition) is 3. The topological polar surface area (TPSA) is 65.8 Å². The van der Waals surface area contributed by atoms with E-state index in [1.54, 1.807) is 31.5 Å². The van der Waals surface area contributed by atoms with E-state index in [1.165, 1.54) is 0 Å². The molecule has 0 radical (unpaired) electrons. The number of nitrogens with zero attached hydrogens (tertiary/aromatic N) is 2. The van der Waals surface area contributed by atoms with Crippen LogP contribution in [-0.4, -0.2) is 10.9 Å². The number of hydrogen-bond donors (Lipinski definition) is 1. The molecule has 1 N–H and O–H groups in total. The molecule has 0 aromatic carbocycles. The predicted octanol–water partition coefficient (Wildman–Crippen LogP) is 1.18. The summed E-state index contributed by atoms with van der Waals surface area (Å²) in [6, 6.07) is 5.19. The number of aromatic nitrogens is 1. The number of rotatable bonds is 2. The minimum absolute atomic E-state index is 0.297. The van der Waals surface area contributed by atoms with Gasteiger partial charge in [0.15, 0.2) is 0 Å². The number of carbonyl (C=O) groups is 1. The molecule has 0 aliphatic heterocycles. The van der Waals surface area contributed by atoms with E-state index >= 15 is 0 Å². The molecule has 0 saturated carbocycles. The van der Waals surface area contributed by atoms with E-state index in [0.717, 1.165) is 0 Å². The van der Waals surface area contributed by atoms with E-state index in [-0.39, 0.29) is 5.91 Å². The molecule has 1 aromatic heterocycles. The van der Waals surface area contributed by atoms with Gasteiger partial charge >= 0.3 is 0 Å². The fourth-order valence-corrected chi connectivity index (χ4v) is 0.744. The Morgan fingerprint density at radius 3 is 2.77 bits per heavy atom. The molecule has 1 aromatic rings. The SMILES string of the molecule is CC(C#N)C(=O)Nc1ccncc1. The highest BCUT2D eigenvalue weighted by Crippen LogP contribution is 2.05. The predicted molar refractivity (Wildman–Crippen MR) is 47.6 cm³/mol. The van der Waals surface area contributed by atoms with Crippen molar-refractivity contribution in [3.63, 3.8) is 0 Å².